The van der Waals surface area contributed by atoms with E-state index in [1.807, 2.05) is 49.4 Å². The van der Waals surface area contributed by atoms with Crippen LogP contribution in [0.25, 0.3) is 16.5 Å². The second-order valence-electron chi connectivity index (χ2n) is 6.51. The van der Waals surface area contributed by atoms with E-state index >= 15 is 0 Å². The molecule has 138 valence electrons. The van der Waals surface area contributed by atoms with Crippen molar-refractivity contribution in [3.63, 3.8) is 0 Å². The first-order chi connectivity index (χ1) is 13.6. The third kappa shape index (κ3) is 3.42. The predicted octanol–water partition coefficient (Wildman–Crippen LogP) is 4.05. The Morgan fingerprint density at radius 2 is 1.54 bits per heavy atom. The highest BCUT2D eigenvalue weighted by atomic mass is 16.5. The Kier molecular flexibility index (Phi) is 4.72. The van der Waals surface area contributed by atoms with Crippen LogP contribution in [-0.4, -0.2) is 15.7 Å². The number of hydrogen-bond donors (Lipinski definition) is 0. The van der Waals surface area contributed by atoms with E-state index in [0.29, 0.717) is 16.5 Å². The molecule has 0 aliphatic rings. The van der Waals surface area contributed by atoms with Crippen molar-refractivity contribution < 1.29 is 9.53 Å². The molecule has 0 fully saturated rings. The van der Waals surface area contributed by atoms with Crippen LogP contribution in [0.15, 0.2) is 83.7 Å². The molecule has 5 heteroatoms. The Bertz CT molecular complexity index is 1200. The molecule has 5 nitrogen and oxygen atoms in total. The summed E-state index contributed by atoms with van der Waals surface area (Å²) < 4.78 is 6.72. The smallest absolute Gasteiger partial charge is 0.359 e. The van der Waals surface area contributed by atoms with Gasteiger partial charge in [0.1, 0.15) is 6.61 Å². The number of carbonyl (C=O) groups excluding carboxylic acids is 1. The van der Waals surface area contributed by atoms with E-state index in [2.05, 4.69) is 5.10 Å². The summed E-state index contributed by atoms with van der Waals surface area (Å²) in [6, 6.07) is 23.7. The number of rotatable bonds is 4. The zero-order valence-corrected chi connectivity index (χ0v) is 15.3. The van der Waals surface area contributed by atoms with Gasteiger partial charge in [-0.3, -0.25) is 4.79 Å². The fourth-order valence-corrected chi connectivity index (χ4v) is 2.99. The summed E-state index contributed by atoms with van der Waals surface area (Å²) in [6.07, 6.45) is 0. The monoisotopic (exact) mass is 370 g/mol. The lowest BCUT2D eigenvalue weighted by molar-refractivity contribution is 0.0466. The lowest BCUT2D eigenvalue weighted by Gasteiger charge is -2.11. The number of aryl methyl sites for hydroxylation is 1. The third-order valence-electron chi connectivity index (χ3n) is 4.49. The average Bonchev–Trinajstić information content (AvgIpc) is 2.74. The molecule has 28 heavy (non-hydrogen) atoms. The van der Waals surface area contributed by atoms with Crippen molar-refractivity contribution in [3.05, 3.63) is 106 Å². The van der Waals surface area contributed by atoms with E-state index < -0.39 is 5.97 Å². The van der Waals surface area contributed by atoms with E-state index in [1.165, 1.54) is 4.68 Å². The maximum Gasteiger partial charge on any atom is 0.359 e. The van der Waals surface area contributed by atoms with Gasteiger partial charge in [0.2, 0.25) is 0 Å². The van der Waals surface area contributed by atoms with Crippen molar-refractivity contribution in [1.29, 1.82) is 0 Å². The minimum atomic E-state index is -0.568. The number of nitrogens with zero attached hydrogens (tertiary/aromatic N) is 2. The molecule has 0 N–H and O–H groups in total. The highest BCUT2D eigenvalue weighted by Crippen LogP contribution is 2.17. The molecule has 0 saturated heterocycles. The van der Waals surface area contributed by atoms with Crippen LogP contribution in [0.3, 0.4) is 0 Å². The minimum Gasteiger partial charge on any atom is -0.456 e. The minimum absolute atomic E-state index is 0.117. The zero-order chi connectivity index (χ0) is 19.5. The number of aromatic nitrogens is 2. The van der Waals surface area contributed by atoms with Gasteiger partial charge in [0.05, 0.1) is 11.1 Å². The van der Waals surface area contributed by atoms with Crippen molar-refractivity contribution in [2.24, 2.45) is 0 Å². The van der Waals surface area contributed by atoms with Gasteiger partial charge < -0.3 is 4.74 Å². The summed E-state index contributed by atoms with van der Waals surface area (Å²) in [5.74, 6) is -0.568. The van der Waals surface area contributed by atoms with Gasteiger partial charge in [-0.25, -0.2) is 4.79 Å². The number of esters is 1. The normalized spacial score (nSPS) is 10.8. The van der Waals surface area contributed by atoms with E-state index in [-0.39, 0.29) is 17.9 Å². The Morgan fingerprint density at radius 3 is 2.25 bits per heavy atom. The van der Waals surface area contributed by atoms with Crippen molar-refractivity contribution in [1.82, 2.24) is 9.78 Å². The molecule has 4 rings (SSSR count). The number of carbonyl (C=O) groups is 1. The molecule has 0 aliphatic carbocycles. The van der Waals surface area contributed by atoms with Gasteiger partial charge in [0.25, 0.3) is 5.56 Å². The van der Waals surface area contributed by atoms with Gasteiger partial charge in [0, 0.05) is 5.39 Å². The van der Waals surface area contributed by atoms with Gasteiger partial charge in [-0.15, -0.1) is 0 Å². The summed E-state index contributed by atoms with van der Waals surface area (Å²) in [5.41, 5.74) is 2.45. The van der Waals surface area contributed by atoms with Crippen LogP contribution < -0.4 is 5.56 Å². The first-order valence-corrected chi connectivity index (χ1v) is 8.93. The Hall–Kier alpha value is -3.73. The summed E-state index contributed by atoms with van der Waals surface area (Å²) in [7, 11) is 0. The Balaban J connectivity index is 1.75. The number of hydrogen-bond acceptors (Lipinski definition) is 4. The predicted molar refractivity (Wildman–Crippen MR) is 108 cm³/mol. The topological polar surface area (TPSA) is 61.2 Å². The highest BCUT2D eigenvalue weighted by molar-refractivity contribution is 6.02. The van der Waals surface area contributed by atoms with Crippen LogP contribution in [0.4, 0.5) is 0 Å². The molecule has 0 atom stereocenters. The van der Waals surface area contributed by atoms with Gasteiger partial charge in [0.15, 0.2) is 5.69 Å². The van der Waals surface area contributed by atoms with E-state index in [4.69, 9.17) is 4.74 Å². The maximum atomic E-state index is 12.9. The molecular formula is C23H18N2O3. The number of benzene rings is 3. The number of fused-ring (bicyclic) bond motifs is 1. The lowest BCUT2D eigenvalue weighted by Crippen LogP contribution is -2.25. The van der Waals surface area contributed by atoms with Crippen molar-refractivity contribution in [2.45, 2.75) is 13.5 Å². The maximum absolute atomic E-state index is 12.9. The summed E-state index contributed by atoms with van der Waals surface area (Å²) in [5, 5.41) is 5.23. The molecule has 1 heterocycles. The first-order valence-electron chi connectivity index (χ1n) is 8.93. The SMILES string of the molecule is Cc1ccc(COC(=O)c2nn(-c3ccccc3)c(=O)c3ccccc23)cc1. The molecule has 0 amide bonds. The van der Waals surface area contributed by atoms with E-state index in [1.54, 1.807) is 36.4 Å². The van der Waals surface area contributed by atoms with Gasteiger partial charge >= 0.3 is 5.97 Å². The molecule has 1 aromatic heterocycles. The largest absolute Gasteiger partial charge is 0.456 e. The second kappa shape index (κ2) is 7.48. The quantitative estimate of drug-likeness (QED) is 0.509. The lowest BCUT2D eigenvalue weighted by atomic mass is 10.1. The molecule has 0 bridgehead atoms. The van der Waals surface area contributed by atoms with Crippen LogP contribution in [-0.2, 0) is 11.3 Å². The molecule has 4 aromatic rings. The molecule has 0 spiro atoms. The molecule has 0 unspecified atom stereocenters. The van der Waals surface area contributed by atoms with Crippen molar-refractivity contribution in [2.75, 3.05) is 0 Å². The third-order valence-corrected chi connectivity index (χ3v) is 4.49. The standard InChI is InChI=1S/C23H18N2O3/c1-16-11-13-17(14-12-16)15-28-23(27)21-19-9-5-6-10-20(19)22(26)25(24-21)18-7-3-2-4-8-18/h2-14H,15H2,1H3. The first kappa shape index (κ1) is 17.7. The average molecular weight is 370 g/mol. The number of ether oxygens (including phenoxy) is 1. The Morgan fingerprint density at radius 1 is 0.893 bits per heavy atom. The van der Waals surface area contributed by atoms with Crippen LogP contribution in [0.1, 0.15) is 21.6 Å². The van der Waals surface area contributed by atoms with Crippen LogP contribution >= 0.6 is 0 Å². The fourth-order valence-electron chi connectivity index (χ4n) is 2.99. The van der Waals surface area contributed by atoms with Gasteiger partial charge in [-0.1, -0.05) is 66.2 Å². The van der Waals surface area contributed by atoms with Gasteiger partial charge in [-0.05, 0) is 30.7 Å². The summed E-state index contributed by atoms with van der Waals surface area (Å²) in [4.78, 5) is 25.7. The second-order valence-corrected chi connectivity index (χ2v) is 6.51. The molecule has 0 saturated carbocycles. The molecular weight excluding hydrogens is 352 g/mol. The van der Waals surface area contributed by atoms with E-state index in [0.717, 1.165) is 11.1 Å². The Labute approximate surface area is 161 Å². The molecule has 0 aliphatic heterocycles. The highest BCUT2D eigenvalue weighted by Gasteiger charge is 2.18. The fraction of sp³-hybridized carbons (Fsp3) is 0.0870. The van der Waals surface area contributed by atoms with Crippen molar-refractivity contribution >= 4 is 16.7 Å². The molecule has 0 radical (unpaired) electrons. The van der Waals surface area contributed by atoms with Crippen molar-refractivity contribution in [3.8, 4) is 5.69 Å². The zero-order valence-electron chi connectivity index (χ0n) is 15.3. The van der Waals surface area contributed by atoms with Crippen LogP contribution in [0.2, 0.25) is 0 Å². The van der Waals surface area contributed by atoms with E-state index in [9.17, 15) is 9.59 Å². The molecule has 3 aromatic carbocycles. The number of para-hydroxylation sites is 1. The van der Waals surface area contributed by atoms with Crippen LogP contribution in [0.5, 0.6) is 0 Å². The summed E-state index contributed by atoms with van der Waals surface area (Å²) in [6.45, 7) is 2.14. The van der Waals surface area contributed by atoms with Crippen LogP contribution in [0, 0.1) is 6.92 Å². The summed E-state index contributed by atoms with van der Waals surface area (Å²) >= 11 is 0. The van der Waals surface area contributed by atoms with Gasteiger partial charge in [-0.2, -0.15) is 9.78 Å².